The van der Waals surface area contributed by atoms with Crippen LogP contribution in [0.4, 0.5) is 0 Å². The van der Waals surface area contributed by atoms with E-state index in [2.05, 4.69) is 0 Å². The van der Waals surface area contributed by atoms with Crippen LogP contribution < -0.4 is 4.74 Å². The second kappa shape index (κ2) is 6.74. The summed E-state index contributed by atoms with van der Waals surface area (Å²) in [5.74, 6) is 0.534. The third kappa shape index (κ3) is 3.74. The first kappa shape index (κ1) is 16.2. The zero-order valence-electron chi connectivity index (χ0n) is 12.2. The monoisotopic (exact) mass is 315 g/mol. The predicted octanol–water partition coefficient (Wildman–Crippen LogP) is 0.856. The molecule has 1 N–H and O–H groups in total. The Bertz CT molecular complexity index is 557. The molecule has 1 aliphatic heterocycles. The lowest BCUT2D eigenvalue weighted by molar-refractivity contribution is -0.0170. The summed E-state index contributed by atoms with van der Waals surface area (Å²) in [6.07, 6.45) is -0.108. The smallest absolute Gasteiger partial charge is 0.243 e. The molecular weight excluding hydrogens is 294 g/mol. The number of aliphatic hydroxyl groups is 1. The molecule has 0 bridgehead atoms. The molecule has 1 aliphatic rings. The van der Waals surface area contributed by atoms with E-state index in [1.54, 1.807) is 12.1 Å². The van der Waals surface area contributed by atoms with E-state index in [0.717, 1.165) is 0 Å². The number of sulfonamides is 1. The van der Waals surface area contributed by atoms with E-state index in [9.17, 15) is 8.42 Å². The van der Waals surface area contributed by atoms with Crippen molar-refractivity contribution in [2.45, 2.75) is 30.9 Å². The number of nitrogens with zero attached hydrogens (tertiary/aromatic N) is 1. The number of aliphatic hydroxyl groups excluding tert-OH is 1. The van der Waals surface area contributed by atoms with Gasteiger partial charge in [-0.05, 0) is 38.1 Å². The fourth-order valence-corrected chi connectivity index (χ4v) is 3.91. The number of hydrogen-bond donors (Lipinski definition) is 1. The van der Waals surface area contributed by atoms with E-state index < -0.39 is 10.0 Å². The van der Waals surface area contributed by atoms with Crippen molar-refractivity contribution in [1.82, 2.24) is 4.31 Å². The van der Waals surface area contributed by atoms with Gasteiger partial charge in [0.2, 0.25) is 10.0 Å². The minimum atomic E-state index is -3.53. The van der Waals surface area contributed by atoms with Gasteiger partial charge < -0.3 is 14.6 Å². The molecule has 7 heteroatoms. The highest BCUT2D eigenvalue weighted by atomic mass is 32.2. The molecule has 2 rings (SSSR count). The van der Waals surface area contributed by atoms with Gasteiger partial charge in [0, 0.05) is 12.6 Å². The Kier molecular flexibility index (Phi) is 5.21. The quantitative estimate of drug-likeness (QED) is 0.872. The standard InChI is InChI=1S/C14H21NO5S/c1-11-10-20-12(2)9-15(11)21(17,18)14-5-3-13(4-6-14)19-8-7-16/h3-6,11-12,16H,7-10H2,1-2H3. The second-order valence-corrected chi connectivity index (χ2v) is 7.00. The average molecular weight is 315 g/mol. The molecule has 1 fully saturated rings. The Morgan fingerprint density at radius 2 is 2.00 bits per heavy atom. The molecule has 21 heavy (non-hydrogen) atoms. The van der Waals surface area contributed by atoms with Gasteiger partial charge in [0.15, 0.2) is 0 Å². The van der Waals surface area contributed by atoms with E-state index in [1.807, 2.05) is 13.8 Å². The van der Waals surface area contributed by atoms with Crippen LogP contribution in [0.15, 0.2) is 29.2 Å². The number of rotatable bonds is 5. The van der Waals surface area contributed by atoms with Crippen molar-refractivity contribution in [1.29, 1.82) is 0 Å². The molecule has 2 atom stereocenters. The van der Waals surface area contributed by atoms with Gasteiger partial charge in [-0.2, -0.15) is 4.31 Å². The van der Waals surface area contributed by atoms with Crippen molar-refractivity contribution in [3.05, 3.63) is 24.3 Å². The summed E-state index contributed by atoms with van der Waals surface area (Å²) >= 11 is 0. The van der Waals surface area contributed by atoms with Crippen LogP contribution in [0, 0.1) is 0 Å². The van der Waals surface area contributed by atoms with Crippen molar-refractivity contribution in [2.75, 3.05) is 26.4 Å². The van der Waals surface area contributed by atoms with Crippen LogP contribution in [-0.4, -0.2) is 56.3 Å². The maximum absolute atomic E-state index is 12.7. The summed E-state index contributed by atoms with van der Waals surface area (Å²) in [7, 11) is -3.53. The first-order valence-corrected chi connectivity index (χ1v) is 8.36. The zero-order chi connectivity index (χ0) is 15.5. The Labute approximate surface area is 125 Å². The van der Waals surface area contributed by atoms with E-state index in [0.29, 0.717) is 18.9 Å². The van der Waals surface area contributed by atoms with E-state index in [-0.39, 0.29) is 30.3 Å². The Hall–Kier alpha value is -1.15. The number of ether oxygens (including phenoxy) is 2. The van der Waals surface area contributed by atoms with Crippen molar-refractivity contribution in [3.8, 4) is 5.75 Å². The third-order valence-corrected chi connectivity index (χ3v) is 5.34. The molecule has 118 valence electrons. The van der Waals surface area contributed by atoms with Crippen LogP contribution in [0.1, 0.15) is 13.8 Å². The minimum absolute atomic E-state index is 0.0801. The number of morpholine rings is 1. The predicted molar refractivity (Wildman–Crippen MR) is 77.8 cm³/mol. The van der Waals surface area contributed by atoms with Crippen molar-refractivity contribution in [2.24, 2.45) is 0 Å². The summed E-state index contributed by atoms with van der Waals surface area (Å²) in [6.45, 7) is 4.56. The highest BCUT2D eigenvalue weighted by molar-refractivity contribution is 7.89. The number of hydrogen-bond acceptors (Lipinski definition) is 5. The van der Waals surface area contributed by atoms with Gasteiger partial charge in [-0.1, -0.05) is 0 Å². The van der Waals surface area contributed by atoms with Gasteiger partial charge in [0.1, 0.15) is 12.4 Å². The van der Waals surface area contributed by atoms with E-state index in [1.165, 1.54) is 16.4 Å². The zero-order valence-corrected chi connectivity index (χ0v) is 13.0. The molecule has 0 radical (unpaired) electrons. The fourth-order valence-electron chi connectivity index (χ4n) is 2.21. The Morgan fingerprint density at radius 3 is 2.62 bits per heavy atom. The molecule has 0 spiro atoms. The Morgan fingerprint density at radius 1 is 1.33 bits per heavy atom. The summed E-state index contributed by atoms with van der Waals surface area (Å²) in [4.78, 5) is 0.236. The fraction of sp³-hybridized carbons (Fsp3) is 0.571. The first-order chi connectivity index (χ1) is 9.95. The molecule has 1 aromatic rings. The molecular formula is C14H21NO5S. The molecule has 0 aromatic heterocycles. The van der Waals surface area contributed by atoms with Gasteiger partial charge in [-0.15, -0.1) is 0 Å². The lowest BCUT2D eigenvalue weighted by Gasteiger charge is -2.35. The number of benzene rings is 1. The maximum Gasteiger partial charge on any atom is 0.243 e. The van der Waals surface area contributed by atoms with Gasteiger partial charge in [-0.3, -0.25) is 0 Å². The van der Waals surface area contributed by atoms with Crippen LogP contribution in [0.2, 0.25) is 0 Å². The molecule has 0 amide bonds. The van der Waals surface area contributed by atoms with Crippen LogP contribution >= 0.6 is 0 Å². The van der Waals surface area contributed by atoms with Gasteiger partial charge in [0.05, 0.1) is 24.2 Å². The van der Waals surface area contributed by atoms with Crippen LogP contribution in [0.5, 0.6) is 5.75 Å². The van der Waals surface area contributed by atoms with Crippen molar-refractivity contribution < 1.29 is 23.0 Å². The molecule has 1 saturated heterocycles. The molecule has 1 aromatic carbocycles. The molecule has 2 unspecified atom stereocenters. The first-order valence-electron chi connectivity index (χ1n) is 6.92. The van der Waals surface area contributed by atoms with E-state index >= 15 is 0 Å². The van der Waals surface area contributed by atoms with Gasteiger partial charge in [0.25, 0.3) is 0 Å². The minimum Gasteiger partial charge on any atom is -0.491 e. The van der Waals surface area contributed by atoms with Crippen LogP contribution in [0.25, 0.3) is 0 Å². The van der Waals surface area contributed by atoms with Gasteiger partial charge >= 0.3 is 0 Å². The molecule has 1 heterocycles. The highest BCUT2D eigenvalue weighted by Gasteiger charge is 2.34. The SMILES string of the molecule is CC1CN(S(=O)(=O)c2ccc(OCCO)cc2)C(C)CO1. The summed E-state index contributed by atoms with van der Waals surface area (Å²) in [5, 5.41) is 8.70. The van der Waals surface area contributed by atoms with Gasteiger partial charge in [-0.25, -0.2) is 8.42 Å². The molecule has 6 nitrogen and oxygen atoms in total. The third-order valence-electron chi connectivity index (χ3n) is 3.34. The molecule has 0 saturated carbocycles. The lowest BCUT2D eigenvalue weighted by atomic mass is 10.2. The molecule has 0 aliphatic carbocycles. The van der Waals surface area contributed by atoms with Crippen LogP contribution in [0.3, 0.4) is 0 Å². The summed E-state index contributed by atoms with van der Waals surface area (Å²) in [5.41, 5.74) is 0. The topological polar surface area (TPSA) is 76.1 Å². The van der Waals surface area contributed by atoms with Crippen molar-refractivity contribution in [3.63, 3.8) is 0 Å². The maximum atomic E-state index is 12.7. The largest absolute Gasteiger partial charge is 0.491 e. The summed E-state index contributed by atoms with van der Waals surface area (Å²) < 4.78 is 37.5. The van der Waals surface area contributed by atoms with Crippen molar-refractivity contribution >= 4 is 10.0 Å². The second-order valence-electron chi connectivity index (χ2n) is 5.11. The van der Waals surface area contributed by atoms with E-state index in [4.69, 9.17) is 14.6 Å². The van der Waals surface area contributed by atoms with Crippen LogP contribution in [-0.2, 0) is 14.8 Å². The highest BCUT2D eigenvalue weighted by Crippen LogP contribution is 2.24. The lowest BCUT2D eigenvalue weighted by Crippen LogP contribution is -2.50. The Balaban J connectivity index is 2.18. The normalized spacial score (nSPS) is 24.0. The average Bonchev–Trinajstić information content (AvgIpc) is 2.48. The summed E-state index contributed by atoms with van der Waals surface area (Å²) in [6, 6.07) is 6.05.